The molecule has 22 heavy (non-hydrogen) atoms. The largest absolute Gasteiger partial charge is 0.380 e. The zero-order valence-electron chi connectivity index (χ0n) is 12.5. The normalized spacial score (nSPS) is 13.5. The summed E-state index contributed by atoms with van der Waals surface area (Å²) in [4.78, 5) is 1.99. The predicted molar refractivity (Wildman–Crippen MR) is 95.0 cm³/mol. The molecular weight excluding hydrogens is 288 g/mol. The average molecular weight is 306 g/mol. The van der Waals surface area contributed by atoms with Crippen molar-refractivity contribution in [2.75, 3.05) is 0 Å². The van der Waals surface area contributed by atoms with Crippen LogP contribution in [0.1, 0.15) is 22.2 Å². The van der Waals surface area contributed by atoms with Crippen LogP contribution in [0.2, 0.25) is 0 Å². The minimum atomic E-state index is -0.985. The average Bonchev–Trinajstić information content (AvgIpc) is 3.06. The Morgan fingerprint density at radius 2 is 1.55 bits per heavy atom. The van der Waals surface area contributed by atoms with Crippen molar-refractivity contribution in [2.24, 2.45) is 0 Å². The molecule has 0 aliphatic heterocycles. The SMILES string of the molecule is C=Cc1ccc(C(C)(O)c2ccc(-c3ccccc3)cc2)s1. The number of benzene rings is 2. The first-order valence-corrected chi connectivity index (χ1v) is 8.04. The lowest BCUT2D eigenvalue weighted by atomic mass is 9.92. The van der Waals surface area contributed by atoms with Crippen molar-refractivity contribution in [1.29, 1.82) is 0 Å². The van der Waals surface area contributed by atoms with E-state index in [2.05, 4.69) is 30.8 Å². The van der Waals surface area contributed by atoms with Crippen LogP contribution in [0.15, 0.2) is 73.3 Å². The fraction of sp³-hybridized carbons (Fsp3) is 0.100. The predicted octanol–water partition coefficient (Wildman–Crippen LogP) is 5.31. The van der Waals surface area contributed by atoms with Crippen molar-refractivity contribution in [2.45, 2.75) is 12.5 Å². The molecule has 3 aromatic rings. The Bertz CT molecular complexity index is 767. The van der Waals surface area contributed by atoms with Gasteiger partial charge in [-0.3, -0.25) is 0 Å². The topological polar surface area (TPSA) is 20.2 Å². The summed E-state index contributed by atoms with van der Waals surface area (Å²) < 4.78 is 0. The molecule has 1 nitrogen and oxygen atoms in total. The molecule has 0 radical (unpaired) electrons. The van der Waals surface area contributed by atoms with Gasteiger partial charge in [-0.05, 0) is 35.7 Å². The molecule has 0 amide bonds. The van der Waals surface area contributed by atoms with E-state index in [1.54, 1.807) is 11.3 Å². The second-order valence-corrected chi connectivity index (χ2v) is 6.54. The Morgan fingerprint density at radius 1 is 0.909 bits per heavy atom. The highest BCUT2D eigenvalue weighted by molar-refractivity contribution is 7.13. The Labute approximate surface area is 135 Å². The van der Waals surface area contributed by atoms with E-state index in [1.807, 2.05) is 55.5 Å². The molecular formula is C20H18OS. The molecule has 0 spiro atoms. The third-order valence-electron chi connectivity index (χ3n) is 3.86. The molecule has 110 valence electrons. The van der Waals surface area contributed by atoms with Crippen LogP contribution in [-0.2, 0) is 5.60 Å². The zero-order valence-corrected chi connectivity index (χ0v) is 13.3. The third kappa shape index (κ3) is 2.76. The van der Waals surface area contributed by atoms with Crippen LogP contribution in [-0.4, -0.2) is 5.11 Å². The first kappa shape index (κ1) is 14.8. The summed E-state index contributed by atoms with van der Waals surface area (Å²) >= 11 is 1.57. The summed E-state index contributed by atoms with van der Waals surface area (Å²) in [6.07, 6.45) is 1.81. The maximum atomic E-state index is 10.9. The van der Waals surface area contributed by atoms with Gasteiger partial charge in [-0.2, -0.15) is 0 Å². The van der Waals surface area contributed by atoms with E-state index in [0.29, 0.717) is 0 Å². The van der Waals surface area contributed by atoms with Crippen molar-refractivity contribution < 1.29 is 5.11 Å². The van der Waals surface area contributed by atoms with E-state index < -0.39 is 5.60 Å². The van der Waals surface area contributed by atoms with E-state index in [-0.39, 0.29) is 0 Å². The molecule has 0 saturated heterocycles. The van der Waals surface area contributed by atoms with E-state index >= 15 is 0 Å². The second-order valence-electron chi connectivity index (χ2n) is 5.42. The van der Waals surface area contributed by atoms with Gasteiger partial charge in [-0.15, -0.1) is 11.3 Å². The Hall–Kier alpha value is -2.16. The van der Waals surface area contributed by atoms with Gasteiger partial charge in [0.15, 0.2) is 0 Å². The first-order valence-electron chi connectivity index (χ1n) is 7.22. The van der Waals surface area contributed by atoms with Gasteiger partial charge in [-0.25, -0.2) is 0 Å². The van der Waals surface area contributed by atoms with Gasteiger partial charge in [0.1, 0.15) is 5.60 Å². The zero-order chi connectivity index (χ0) is 15.6. The van der Waals surface area contributed by atoms with Gasteiger partial charge in [0.2, 0.25) is 0 Å². The van der Waals surface area contributed by atoms with Crippen LogP contribution < -0.4 is 0 Å². The lowest BCUT2D eigenvalue weighted by molar-refractivity contribution is 0.106. The minimum Gasteiger partial charge on any atom is -0.380 e. The third-order valence-corrected chi connectivity index (χ3v) is 5.15. The van der Waals surface area contributed by atoms with Crippen LogP contribution in [0, 0.1) is 0 Å². The quantitative estimate of drug-likeness (QED) is 0.692. The van der Waals surface area contributed by atoms with Crippen LogP contribution >= 0.6 is 11.3 Å². The maximum Gasteiger partial charge on any atom is 0.121 e. The van der Waals surface area contributed by atoms with E-state index in [9.17, 15) is 5.11 Å². The van der Waals surface area contributed by atoms with Crippen LogP contribution in [0.25, 0.3) is 17.2 Å². The molecule has 0 aliphatic rings. The fourth-order valence-corrected chi connectivity index (χ4v) is 3.41. The fourth-order valence-electron chi connectivity index (χ4n) is 2.48. The Kier molecular flexibility index (Phi) is 3.97. The van der Waals surface area contributed by atoms with Gasteiger partial charge < -0.3 is 5.11 Å². The molecule has 3 rings (SSSR count). The number of thiophene rings is 1. The highest BCUT2D eigenvalue weighted by Gasteiger charge is 2.27. The molecule has 1 heterocycles. The van der Waals surface area contributed by atoms with Crippen molar-refractivity contribution in [3.8, 4) is 11.1 Å². The van der Waals surface area contributed by atoms with Gasteiger partial charge in [-0.1, -0.05) is 67.3 Å². The molecule has 0 saturated carbocycles. The second kappa shape index (κ2) is 5.91. The molecule has 0 fully saturated rings. The van der Waals surface area contributed by atoms with Crippen LogP contribution in [0.3, 0.4) is 0 Å². The first-order chi connectivity index (χ1) is 10.6. The summed E-state index contributed by atoms with van der Waals surface area (Å²) in [5.41, 5.74) is 2.24. The van der Waals surface area contributed by atoms with Gasteiger partial charge in [0, 0.05) is 9.75 Å². The number of hydrogen-bond acceptors (Lipinski definition) is 2. The van der Waals surface area contributed by atoms with Crippen molar-refractivity contribution in [3.63, 3.8) is 0 Å². The Balaban J connectivity index is 1.93. The van der Waals surface area contributed by atoms with Gasteiger partial charge in [0.05, 0.1) is 0 Å². The molecule has 1 aromatic heterocycles. The number of hydrogen-bond donors (Lipinski definition) is 1. The Morgan fingerprint density at radius 3 is 2.14 bits per heavy atom. The molecule has 2 heteroatoms. The van der Waals surface area contributed by atoms with Gasteiger partial charge in [0.25, 0.3) is 0 Å². The highest BCUT2D eigenvalue weighted by atomic mass is 32.1. The molecule has 1 N–H and O–H groups in total. The van der Waals surface area contributed by atoms with Crippen molar-refractivity contribution >= 4 is 17.4 Å². The molecule has 0 bridgehead atoms. The number of aliphatic hydroxyl groups is 1. The van der Waals surface area contributed by atoms with E-state index in [1.165, 1.54) is 5.56 Å². The van der Waals surface area contributed by atoms with Gasteiger partial charge >= 0.3 is 0 Å². The van der Waals surface area contributed by atoms with E-state index in [0.717, 1.165) is 20.9 Å². The van der Waals surface area contributed by atoms with Crippen molar-refractivity contribution in [3.05, 3.63) is 88.6 Å². The monoisotopic (exact) mass is 306 g/mol. The van der Waals surface area contributed by atoms with Crippen LogP contribution in [0.4, 0.5) is 0 Å². The minimum absolute atomic E-state index is 0.893. The molecule has 2 aromatic carbocycles. The lowest BCUT2D eigenvalue weighted by Crippen LogP contribution is -2.21. The summed E-state index contributed by atoms with van der Waals surface area (Å²) in [5, 5.41) is 10.9. The van der Waals surface area contributed by atoms with Crippen molar-refractivity contribution in [1.82, 2.24) is 0 Å². The molecule has 0 aliphatic carbocycles. The highest BCUT2D eigenvalue weighted by Crippen LogP contribution is 2.35. The summed E-state index contributed by atoms with van der Waals surface area (Å²) in [7, 11) is 0. The van der Waals surface area contributed by atoms with Crippen LogP contribution in [0.5, 0.6) is 0 Å². The molecule has 1 unspecified atom stereocenters. The van der Waals surface area contributed by atoms with E-state index in [4.69, 9.17) is 0 Å². The summed E-state index contributed by atoms with van der Waals surface area (Å²) in [6, 6.07) is 22.3. The molecule has 1 atom stereocenters. The smallest absolute Gasteiger partial charge is 0.121 e. The maximum absolute atomic E-state index is 10.9. The standard InChI is InChI=1S/C20H18OS/c1-3-18-13-14-19(22-18)20(2,21)17-11-9-16(10-12-17)15-7-5-4-6-8-15/h3-14,21H,1H2,2H3. The summed E-state index contributed by atoms with van der Waals surface area (Å²) in [6.45, 7) is 5.61. The summed E-state index contributed by atoms with van der Waals surface area (Å²) in [5.74, 6) is 0. The lowest BCUT2D eigenvalue weighted by Gasteiger charge is -2.22. The number of rotatable bonds is 4.